The van der Waals surface area contributed by atoms with Crippen LogP contribution in [-0.4, -0.2) is 0 Å². The van der Waals surface area contributed by atoms with Crippen LogP contribution in [0.25, 0.3) is 87.6 Å². The van der Waals surface area contributed by atoms with Gasteiger partial charge in [0.25, 0.3) is 0 Å². The van der Waals surface area contributed by atoms with E-state index in [1.807, 2.05) is 0 Å². The first-order valence-electron chi connectivity index (χ1n) is 16.4. The molecule has 0 aliphatic carbocycles. The van der Waals surface area contributed by atoms with Crippen molar-refractivity contribution in [1.29, 1.82) is 0 Å². The van der Waals surface area contributed by atoms with Crippen LogP contribution < -0.4 is 0 Å². The molecule has 0 aliphatic rings. The van der Waals surface area contributed by atoms with E-state index in [0.29, 0.717) is 0 Å². The fourth-order valence-corrected chi connectivity index (χ4v) is 7.64. The lowest BCUT2D eigenvalue weighted by molar-refractivity contribution is 1.51. The quantitative estimate of drug-likeness (QED) is 0.177. The fourth-order valence-electron chi connectivity index (χ4n) is 7.64. The van der Waals surface area contributed by atoms with Gasteiger partial charge in [0.05, 0.1) is 0 Å². The average molecular weight is 597 g/mol. The summed E-state index contributed by atoms with van der Waals surface area (Å²) < 4.78 is 0. The number of aryl methyl sites for hydroxylation is 1. The Balaban J connectivity index is 1.32. The van der Waals surface area contributed by atoms with Crippen molar-refractivity contribution < 1.29 is 0 Å². The van der Waals surface area contributed by atoms with Gasteiger partial charge in [-0.25, -0.2) is 0 Å². The molecule has 9 aromatic rings. The van der Waals surface area contributed by atoms with E-state index in [9.17, 15) is 0 Å². The molecule has 0 unspecified atom stereocenters. The highest BCUT2D eigenvalue weighted by Gasteiger charge is 2.19. The summed E-state index contributed by atoms with van der Waals surface area (Å²) in [4.78, 5) is 0. The first kappa shape index (κ1) is 27.3. The Morgan fingerprint density at radius 2 is 0.745 bits per heavy atom. The van der Waals surface area contributed by atoms with Crippen LogP contribution in [0.15, 0.2) is 176 Å². The molecule has 0 aliphatic heterocycles. The first-order chi connectivity index (χ1) is 23.2. The number of benzene rings is 9. The van der Waals surface area contributed by atoms with Gasteiger partial charge in [0.1, 0.15) is 0 Å². The van der Waals surface area contributed by atoms with E-state index in [-0.39, 0.29) is 0 Å². The summed E-state index contributed by atoms with van der Waals surface area (Å²) in [5, 5.41) is 10.2. The summed E-state index contributed by atoms with van der Waals surface area (Å²) in [6.07, 6.45) is 0. The summed E-state index contributed by atoms with van der Waals surface area (Å²) in [6, 6.07) is 64.6. The molecule has 0 amide bonds. The molecule has 0 heterocycles. The molecular weight excluding hydrogens is 565 g/mol. The van der Waals surface area contributed by atoms with Crippen molar-refractivity contribution in [1.82, 2.24) is 0 Å². The van der Waals surface area contributed by atoms with Gasteiger partial charge in [-0.3, -0.25) is 0 Å². The van der Waals surface area contributed by atoms with Crippen LogP contribution in [0.3, 0.4) is 0 Å². The fraction of sp³-hybridized carbons (Fsp3) is 0.0213. The van der Waals surface area contributed by atoms with Crippen LogP contribution in [0.5, 0.6) is 0 Å². The third-order valence-electron chi connectivity index (χ3n) is 9.75. The van der Waals surface area contributed by atoms with E-state index in [2.05, 4.69) is 183 Å². The summed E-state index contributed by atoms with van der Waals surface area (Å²) in [6.45, 7) is 2.23. The molecular formula is C47H32. The molecule has 0 N–H and O–H groups in total. The molecule has 0 saturated carbocycles. The molecule has 47 heavy (non-hydrogen) atoms. The summed E-state index contributed by atoms with van der Waals surface area (Å²) in [5.41, 5.74) is 11.3. The molecule has 220 valence electrons. The van der Waals surface area contributed by atoms with Gasteiger partial charge in [0.2, 0.25) is 0 Å². The highest BCUT2D eigenvalue weighted by Crippen LogP contribution is 2.46. The van der Waals surface area contributed by atoms with Crippen molar-refractivity contribution in [3.05, 3.63) is 181 Å². The maximum atomic E-state index is 2.40. The number of fused-ring (bicyclic) bond motifs is 4. The summed E-state index contributed by atoms with van der Waals surface area (Å²) >= 11 is 0. The predicted octanol–water partition coefficient (Wildman–Crippen LogP) is 13.3. The highest BCUT2D eigenvalue weighted by molar-refractivity contribution is 6.22. The minimum Gasteiger partial charge on any atom is -0.0622 e. The lowest BCUT2D eigenvalue weighted by Gasteiger charge is -2.19. The third kappa shape index (κ3) is 4.53. The molecule has 0 heteroatoms. The van der Waals surface area contributed by atoms with Gasteiger partial charge < -0.3 is 0 Å². The van der Waals surface area contributed by atoms with Gasteiger partial charge in [-0.05, 0) is 112 Å². The van der Waals surface area contributed by atoms with Crippen molar-refractivity contribution in [2.24, 2.45) is 0 Å². The molecule has 0 radical (unpaired) electrons. The normalized spacial score (nSPS) is 11.5. The Kier molecular flexibility index (Phi) is 6.47. The Morgan fingerprint density at radius 3 is 1.38 bits per heavy atom. The van der Waals surface area contributed by atoms with E-state index in [1.165, 1.54) is 93.2 Å². The van der Waals surface area contributed by atoms with E-state index in [0.717, 1.165) is 0 Å². The molecule has 0 nitrogen and oxygen atoms in total. The molecule has 0 aromatic heterocycles. The Morgan fingerprint density at radius 1 is 0.277 bits per heavy atom. The van der Waals surface area contributed by atoms with Crippen molar-refractivity contribution in [2.75, 3.05) is 0 Å². The van der Waals surface area contributed by atoms with Gasteiger partial charge >= 0.3 is 0 Å². The average Bonchev–Trinajstić information content (AvgIpc) is 3.14. The minimum atomic E-state index is 1.22. The lowest BCUT2D eigenvalue weighted by atomic mass is 9.84. The second-order valence-corrected chi connectivity index (χ2v) is 12.5. The topological polar surface area (TPSA) is 0 Å². The molecule has 0 atom stereocenters. The molecule has 9 rings (SSSR count). The molecule has 0 spiro atoms. The standard InChI is InChI=1S/C47H32/c1-31-28-44(45(33-15-3-2-4-16-33)39-21-8-7-20-38(31)39)35-18-13-19-36(30-35)46-40-22-9-11-24-42(40)47(43-25-12-10-23-41(43)46)37-27-26-32-14-5-6-17-34(32)29-37/h2-30H,1H3. The minimum absolute atomic E-state index is 1.22. The van der Waals surface area contributed by atoms with E-state index >= 15 is 0 Å². The van der Waals surface area contributed by atoms with Crippen LogP contribution in [0.2, 0.25) is 0 Å². The zero-order chi connectivity index (χ0) is 31.3. The molecule has 9 aromatic carbocycles. The van der Waals surface area contributed by atoms with Crippen LogP contribution in [-0.2, 0) is 0 Å². The largest absolute Gasteiger partial charge is 0.0622 e. The van der Waals surface area contributed by atoms with Crippen LogP contribution in [0, 0.1) is 6.92 Å². The van der Waals surface area contributed by atoms with Crippen LogP contribution in [0.1, 0.15) is 5.56 Å². The Labute approximate surface area is 275 Å². The summed E-state index contributed by atoms with van der Waals surface area (Å²) in [7, 11) is 0. The van der Waals surface area contributed by atoms with Crippen molar-refractivity contribution in [2.45, 2.75) is 6.92 Å². The molecule has 0 bridgehead atoms. The van der Waals surface area contributed by atoms with Gasteiger partial charge in [-0.1, -0.05) is 164 Å². The second kappa shape index (κ2) is 11.1. The zero-order valence-electron chi connectivity index (χ0n) is 26.2. The van der Waals surface area contributed by atoms with Crippen molar-refractivity contribution in [3.8, 4) is 44.5 Å². The van der Waals surface area contributed by atoms with Gasteiger partial charge in [0.15, 0.2) is 0 Å². The highest BCUT2D eigenvalue weighted by atomic mass is 14.2. The number of hydrogen-bond donors (Lipinski definition) is 0. The lowest BCUT2D eigenvalue weighted by Crippen LogP contribution is -1.93. The Bertz CT molecular complexity index is 2570. The monoisotopic (exact) mass is 596 g/mol. The van der Waals surface area contributed by atoms with Crippen molar-refractivity contribution >= 4 is 43.1 Å². The maximum absolute atomic E-state index is 2.40. The maximum Gasteiger partial charge on any atom is -0.00262 e. The second-order valence-electron chi connectivity index (χ2n) is 12.5. The van der Waals surface area contributed by atoms with E-state index < -0.39 is 0 Å². The first-order valence-corrected chi connectivity index (χ1v) is 16.4. The van der Waals surface area contributed by atoms with Gasteiger partial charge in [-0.15, -0.1) is 0 Å². The van der Waals surface area contributed by atoms with Crippen LogP contribution in [0.4, 0.5) is 0 Å². The molecule has 0 fully saturated rings. The smallest absolute Gasteiger partial charge is 0.00262 e. The predicted molar refractivity (Wildman–Crippen MR) is 203 cm³/mol. The third-order valence-corrected chi connectivity index (χ3v) is 9.75. The van der Waals surface area contributed by atoms with Crippen LogP contribution >= 0.6 is 0 Å². The van der Waals surface area contributed by atoms with Gasteiger partial charge in [0, 0.05) is 0 Å². The number of hydrogen-bond acceptors (Lipinski definition) is 0. The van der Waals surface area contributed by atoms with E-state index in [1.54, 1.807) is 0 Å². The Hall–Kier alpha value is -5.98. The summed E-state index contributed by atoms with van der Waals surface area (Å²) in [5.74, 6) is 0. The number of rotatable bonds is 4. The van der Waals surface area contributed by atoms with E-state index in [4.69, 9.17) is 0 Å². The zero-order valence-corrected chi connectivity index (χ0v) is 26.2. The SMILES string of the molecule is Cc1cc(-c2cccc(-c3c4ccccc4c(-c4ccc5ccccc5c4)c4ccccc34)c2)c(-c2ccccc2)c2ccccc12. The van der Waals surface area contributed by atoms with Gasteiger partial charge in [-0.2, -0.15) is 0 Å². The van der Waals surface area contributed by atoms with Crippen molar-refractivity contribution in [3.63, 3.8) is 0 Å². The molecule has 0 saturated heterocycles.